The number of carboxylic acid groups (broad SMARTS) is 1. The molecule has 4 rings (SSSR count). The van der Waals surface area contributed by atoms with Crippen LogP contribution in [0.1, 0.15) is 107 Å². The van der Waals surface area contributed by atoms with Gasteiger partial charge in [-0.3, -0.25) is 9.59 Å². The molecule has 0 saturated heterocycles. The Morgan fingerprint density at radius 3 is 2.35 bits per heavy atom. The van der Waals surface area contributed by atoms with Gasteiger partial charge in [0, 0.05) is 12.3 Å². The first-order valence-electron chi connectivity index (χ1n) is 14.6. The molecular weight excluding hydrogens is 460 g/mol. The highest BCUT2D eigenvalue weighted by molar-refractivity contribution is 5.71. The number of hydrogen-bond donors (Lipinski definition) is 1. The Bertz CT molecular complexity index is 1030. The van der Waals surface area contributed by atoms with Crippen LogP contribution in [-0.4, -0.2) is 23.1 Å². The summed E-state index contributed by atoms with van der Waals surface area (Å²) in [5.41, 5.74) is 4.00. The summed E-state index contributed by atoms with van der Waals surface area (Å²) in [4.78, 5) is 24.4. The molecule has 0 amide bonds. The first kappa shape index (κ1) is 28.2. The molecular formula is C33H50O4. The molecule has 4 aliphatic rings. The third kappa shape index (κ3) is 4.25. The Balaban J connectivity index is 1.66. The molecule has 0 aliphatic heterocycles. The maximum atomic E-state index is 12.6. The lowest BCUT2D eigenvalue weighted by atomic mass is 9.44. The fourth-order valence-corrected chi connectivity index (χ4v) is 9.20. The van der Waals surface area contributed by atoms with E-state index in [1.807, 2.05) is 0 Å². The highest BCUT2D eigenvalue weighted by Crippen LogP contribution is 2.72. The maximum Gasteiger partial charge on any atom is 0.306 e. The SMILES string of the molecule is C=C(CC[C@H](C(=O)O)[C@@H]1CC[C@]2(C)C3=CC[C@H]4C(C)(C)[C@@H](OC(C)=O)CC[C@]4(C)C3=CC[C@]12C)C(C)C. The third-order valence-corrected chi connectivity index (χ3v) is 11.9. The van der Waals surface area contributed by atoms with Gasteiger partial charge in [-0.25, -0.2) is 0 Å². The van der Waals surface area contributed by atoms with E-state index in [1.54, 1.807) is 0 Å². The van der Waals surface area contributed by atoms with Gasteiger partial charge in [-0.2, -0.15) is 0 Å². The van der Waals surface area contributed by atoms with Crippen molar-refractivity contribution in [3.63, 3.8) is 0 Å². The van der Waals surface area contributed by atoms with Crippen molar-refractivity contribution in [1.82, 2.24) is 0 Å². The molecule has 0 unspecified atom stereocenters. The van der Waals surface area contributed by atoms with E-state index >= 15 is 0 Å². The molecule has 7 atom stereocenters. The van der Waals surface area contributed by atoms with Crippen molar-refractivity contribution in [1.29, 1.82) is 0 Å². The van der Waals surface area contributed by atoms with Gasteiger partial charge in [0.25, 0.3) is 0 Å². The lowest BCUT2D eigenvalue weighted by Crippen LogP contribution is -2.55. The van der Waals surface area contributed by atoms with Crippen LogP contribution in [0.25, 0.3) is 0 Å². The maximum absolute atomic E-state index is 12.6. The number of esters is 1. The van der Waals surface area contributed by atoms with Crippen LogP contribution in [0.15, 0.2) is 35.5 Å². The summed E-state index contributed by atoms with van der Waals surface area (Å²) >= 11 is 0. The molecule has 0 aromatic carbocycles. The van der Waals surface area contributed by atoms with Crippen LogP contribution in [0.4, 0.5) is 0 Å². The second-order valence-electron chi connectivity index (χ2n) is 14.3. The fraction of sp³-hybridized carbons (Fsp3) is 0.758. The molecule has 0 heterocycles. The van der Waals surface area contributed by atoms with Crippen molar-refractivity contribution < 1.29 is 19.4 Å². The van der Waals surface area contributed by atoms with Gasteiger partial charge >= 0.3 is 11.9 Å². The number of ether oxygens (including phenoxy) is 1. The minimum Gasteiger partial charge on any atom is -0.481 e. The van der Waals surface area contributed by atoms with Crippen LogP contribution >= 0.6 is 0 Å². The number of carbonyl (C=O) groups is 2. The zero-order valence-corrected chi connectivity index (χ0v) is 24.6. The Morgan fingerprint density at radius 1 is 1.08 bits per heavy atom. The molecule has 0 radical (unpaired) electrons. The van der Waals surface area contributed by atoms with Gasteiger partial charge in [-0.05, 0) is 96.5 Å². The van der Waals surface area contributed by atoms with Crippen LogP contribution in [0.3, 0.4) is 0 Å². The predicted octanol–water partition coefficient (Wildman–Crippen LogP) is 8.14. The van der Waals surface area contributed by atoms with Gasteiger partial charge < -0.3 is 9.84 Å². The molecule has 4 aliphatic carbocycles. The summed E-state index contributed by atoms with van der Waals surface area (Å²) in [5, 5.41) is 10.4. The van der Waals surface area contributed by atoms with Crippen molar-refractivity contribution in [3.8, 4) is 0 Å². The van der Waals surface area contributed by atoms with Crippen molar-refractivity contribution >= 4 is 11.9 Å². The largest absolute Gasteiger partial charge is 0.481 e. The molecule has 4 heteroatoms. The number of allylic oxidation sites excluding steroid dienone is 5. The van der Waals surface area contributed by atoms with E-state index < -0.39 is 5.97 Å². The van der Waals surface area contributed by atoms with E-state index in [0.717, 1.165) is 50.5 Å². The molecule has 2 saturated carbocycles. The van der Waals surface area contributed by atoms with Crippen LogP contribution in [0, 0.1) is 45.3 Å². The normalized spacial score (nSPS) is 39.0. The minimum absolute atomic E-state index is 0.0185. The van der Waals surface area contributed by atoms with Gasteiger partial charge in [0.05, 0.1) is 5.92 Å². The standard InChI is InChI=1S/C33H50O4/c1-20(2)21(3)10-11-23(29(35)36)24-14-18-33(9)26-12-13-27-30(5,6)28(37-22(4)34)16-17-31(27,7)25(26)15-19-32(24,33)8/h12,15,20,23-24,27-28H,3,10-11,13-14,16-19H2,1-2,4-9H3,(H,35,36)/t23-,24-,27-,28-,31+,32+,33+/m0/s1. The first-order chi connectivity index (χ1) is 17.1. The van der Waals surface area contributed by atoms with Crippen molar-refractivity contribution in [2.75, 3.05) is 0 Å². The van der Waals surface area contributed by atoms with E-state index in [0.29, 0.717) is 18.3 Å². The molecule has 0 bridgehead atoms. The third-order valence-electron chi connectivity index (χ3n) is 11.9. The number of fused-ring (bicyclic) bond motifs is 5. The van der Waals surface area contributed by atoms with E-state index in [4.69, 9.17) is 4.74 Å². The van der Waals surface area contributed by atoms with Crippen molar-refractivity contribution in [2.45, 2.75) is 113 Å². The van der Waals surface area contributed by atoms with Gasteiger partial charge in [-0.1, -0.05) is 72.8 Å². The van der Waals surface area contributed by atoms with E-state index in [9.17, 15) is 14.7 Å². The molecule has 2 fully saturated rings. The number of hydrogen-bond acceptors (Lipinski definition) is 3. The number of carbonyl (C=O) groups excluding carboxylic acids is 1. The van der Waals surface area contributed by atoms with Crippen molar-refractivity contribution in [3.05, 3.63) is 35.5 Å². The summed E-state index contributed by atoms with van der Waals surface area (Å²) in [6, 6.07) is 0. The highest BCUT2D eigenvalue weighted by Gasteiger charge is 2.64. The van der Waals surface area contributed by atoms with Gasteiger partial charge in [-0.15, -0.1) is 0 Å². The highest BCUT2D eigenvalue weighted by atomic mass is 16.5. The summed E-state index contributed by atoms with van der Waals surface area (Å²) in [6.07, 6.45) is 12.3. The Hall–Kier alpha value is -1.84. The Kier molecular flexibility index (Phi) is 7.17. The zero-order valence-electron chi connectivity index (χ0n) is 24.6. The molecule has 37 heavy (non-hydrogen) atoms. The number of aliphatic carboxylic acids is 1. The topological polar surface area (TPSA) is 63.6 Å². The number of carboxylic acids is 1. The fourth-order valence-electron chi connectivity index (χ4n) is 9.20. The molecule has 0 aromatic heterocycles. The molecule has 4 nitrogen and oxygen atoms in total. The van der Waals surface area contributed by atoms with Crippen LogP contribution < -0.4 is 0 Å². The molecule has 1 N–H and O–H groups in total. The van der Waals surface area contributed by atoms with Crippen LogP contribution in [0.2, 0.25) is 0 Å². The lowest BCUT2D eigenvalue weighted by molar-refractivity contribution is -0.165. The molecule has 0 aromatic rings. The smallest absolute Gasteiger partial charge is 0.306 e. The summed E-state index contributed by atoms with van der Waals surface area (Å²) in [5.74, 6) is -0.196. The quantitative estimate of drug-likeness (QED) is 0.277. The van der Waals surface area contributed by atoms with Gasteiger partial charge in [0.1, 0.15) is 6.10 Å². The second-order valence-corrected chi connectivity index (χ2v) is 14.3. The van der Waals surface area contributed by atoms with Crippen LogP contribution in [-0.2, 0) is 14.3 Å². The summed E-state index contributed by atoms with van der Waals surface area (Å²) in [7, 11) is 0. The first-order valence-corrected chi connectivity index (χ1v) is 14.6. The van der Waals surface area contributed by atoms with Crippen LogP contribution in [0.5, 0.6) is 0 Å². The van der Waals surface area contributed by atoms with Gasteiger partial charge in [0.2, 0.25) is 0 Å². The predicted molar refractivity (Wildman–Crippen MR) is 149 cm³/mol. The Morgan fingerprint density at radius 2 is 1.76 bits per heavy atom. The van der Waals surface area contributed by atoms with Gasteiger partial charge in [0.15, 0.2) is 0 Å². The monoisotopic (exact) mass is 510 g/mol. The lowest BCUT2D eigenvalue weighted by Gasteiger charge is -2.61. The zero-order chi connectivity index (χ0) is 27.6. The second kappa shape index (κ2) is 9.42. The Labute approximate surface area is 225 Å². The molecule has 0 spiro atoms. The van der Waals surface area contributed by atoms with E-state index in [1.165, 1.54) is 18.1 Å². The minimum atomic E-state index is -0.642. The average Bonchev–Trinajstić information content (AvgIpc) is 3.07. The number of rotatable bonds is 7. The van der Waals surface area contributed by atoms with Crippen molar-refractivity contribution in [2.24, 2.45) is 45.3 Å². The summed E-state index contributed by atoms with van der Waals surface area (Å²) < 4.78 is 5.82. The van der Waals surface area contributed by atoms with E-state index in [2.05, 4.69) is 67.2 Å². The van der Waals surface area contributed by atoms with E-state index in [-0.39, 0.29) is 45.6 Å². The average molecular weight is 511 g/mol. The summed E-state index contributed by atoms with van der Waals surface area (Å²) in [6.45, 7) is 21.8. The molecule has 206 valence electrons.